The van der Waals surface area contributed by atoms with Crippen molar-refractivity contribution in [3.8, 4) is 0 Å². The average Bonchev–Trinajstić information content (AvgIpc) is 2.42. The monoisotopic (exact) mass is 248 g/mol. The van der Waals surface area contributed by atoms with Gasteiger partial charge in [-0.3, -0.25) is 4.79 Å². The standard InChI is InChI=1S/C15H24N2O/c1-13(14-7-3-2-4-8-14)16-10-12-17-11-6-5-9-15(17)18/h5-6,9,11,13-14,16H,2-4,7-8,10,12H2,1H3/t13-/m0/s1. The van der Waals surface area contributed by atoms with Crippen LogP contribution in [0.4, 0.5) is 0 Å². The van der Waals surface area contributed by atoms with Gasteiger partial charge in [-0.25, -0.2) is 0 Å². The predicted molar refractivity (Wildman–Crippen MR) is 74.7 cm³/mol. The van der Waals surface area contributed by atoms with Crippen LogP contribution in [0.15, 0.2) is 29.2 Å². The van der Waals surface area contributed by atoms with Crippen LogP contribution in [-0.4, -0.2) is 17.2 Å². The van der Waals surface area contributed by atoms with Crippen LogP contribution in [0.5, 0.6) is 0 Å². The third-order valence-electron chi connectivity index (χ3n) is 4.07. The molecule has 100 valence electrons. The molecule has 3 heteroatoms. The van der Waals surface area contributed by atoms with Crippen LogP contribution >= 0.6 is 0 Å². The second kappa shape index (κ2) is 6.74. The Morgan fingerprint density at radius 2 is 2.11 bits per heavy atom. The van der Waals surface area contributed by atoms with E-state index in [4.69, 9.17) is 0 Å². The largest absolute Gasteiger partial charge is 0.314 e. The Morgan fingerprint density at radius 3 is 2.83 bits per heavy atom. The number of pyridine rings is 1. The minimum atomic E-state index is 0.0876. The van der Waals surface area contributed by atoms with E-state index < -0.39 is 0 Å². The van der Waals surface area contributed by atoms with E-state index in [-0.39, 0.29) is 5.56 Å². The first kappa shape index (κ1) is 13.3. The van der Waals surface area contributed by atoms with E-state index in [1.54, 1.807) is 16.7 Å². The Bertz CT molecular complexity index is 407. The summed E-state index contributed by atoms with van der Waals surface area (Å²) in [6.45, 7) is 3.92. The molecule has 0 unspecified atom stereocenters. The maximum atomic E-state index is 11.5. The maximum absolute atomic E-state index is 11.5. The zero-order chi connectivity index (χ0) is 12.8. The zero-order valence-electron chi connectivity index (χ0n) is 11.3. The van der Waals surface area contributed by atoms with Gasteiger partial charge in [0, 0.05) is 31.4 Å². The van der Waals surface area contributed by atoms with Gasteiger partial charge in [-0.05, 0) is 31.7 Å². The highest BCUT2D eigenvalue weighted by molar-refractivity contribution is 4.93. The molecule has 3 nitrogen and oxygen atoms in total. The first-order valence-electron chi connectivity index (χ1n) is 7.16. The lowest BCUT2D eigenvalue weighted by Crippen LogP contribution is -2.37. The highest BCUT2D eigenvalue weighted by atomic mass is 16.1. The summed E-state index contributed by atoms with van der Waals surface area (Å²) in [7, 11) is 0. The summed E-state index contributed by atoms with van der Waals surface area (Å²) >= 11 is 0. The fourth-order valence-electron chi connectivity index (χ4n) is 2.86. The van der Waals surface area contributed by atoms with E-state index in [0.717, 1.165) is 19.0 Å². The lowest BCUT2D eigenvalue weighted by Gasteiger charge is -2.28. The molecule has 0 aliphatic heterocycles. The van der Waals surface area contributed by atoms with E-state index >= 15 is 0 Å². The van der Waals surface area contributed by atoms with Gasteiger partial charge in [0.1, 0.15) is 0 Å². The molecule has 0 bridgehead atoms. The van der Waals surface area contributed by atoms with Gasteiger partial charge < -0.3 is 9.88 Å². The summed E-state index contributed by atoms with van der Waals surface area (Å²) in [4.78, 5) is 11.5. The van der Waals surface area contributed by atoms with Crippen LogP contribution in [0.25, 0.3) is 0 Å². The smallest absolute Gasteiger partial charge is 0.250 e. The molecular formula is C15H24N2O. The molecule has 1 aliphatic rings. The Hall–Kier alpha value is -1.09. The van der Waals surface area contributed by atoms with Crippen molar-refractivity contribution in [2.75, 3.05) is 6.54 Å². The van der Waals surface area contributed by atoms with Crippen LogP contribution in [0.2, 0.25) is 0 Å². The van der Waals surface area contributed by atoms with Gasteiger partial charge >= 0.3 is 0 Å². The number of hydrogen-bond donors (Lipinski definition) is 1. The second-order valence-corrected chi connectivity index (χ2v) is 5.37. The van der Waals surface area contributed by atoms with Gasteiger partial charge in [0.15, 0.2) is 0 Å². The van der Waals surface area contributed by atoms with Crippen molar-refractivity contribution in [2.45, 2.75) is 51.6 Å². The zero-order valence-corrected chi connectivity index (χ0v) is 11.3. The van der Waals surface area contributed by atoms with Crippen LogP contribution in [-0.2, 0) is 6.54 Å². The first-order chi connectivity index (χ1) is 8.77. The molecule has 1 fully saturated rings. The Kier molecular flexibility index (Phi) is 5.00. The van der Waals surface area contributed by atoms with E-state index in [0.29, 0.717) is 6.04 Å². The summed E-state index contributed by atoms with van der Waals surface area (Å²) < 4.78 is 1.76. The molecule has 0 aromatic carbocycles. The molecule has 1 aliphatic carbocycles. The molecule has 0 spiro atoms. The number of aromatic nitrogens is 1. The van der Waals surface area contributed by atoms with Crippen LogP contribution < -0.4 is 10.9 Å². The van der Waals surface area contributed by atoms with Gasteiger partial charge in [-0.15, -0.1) is 0 Å². The molecule has 0 saturated heterocycles. The lowest BCUT2D eigenvalue weighted by molar-refractivity contribution is 0.279. The quantitative estimate of drug-likeness (QED) is 0.868. The van der Waals surface area contributed by atoms with Gasteiger partial charge in [0.2, 0.25) is 0 Å². The normalized spacial score (nSPS) is 18.7. The molecule has 0 radical (unpaired) electrons. The number of hydrogen-bond acceptors (Lipinski definition) is 2. The Balaban J connectivity index is 1.74. The van der Waals surface area contributed by atoms with Crippen molar-refractivity contribution >= 4 is 0 Å². The summed E-state index contributed by atoms with van der Waals surface area (Å²) in [6, 6.07) is 5.89. The van der Waals surface area contributed by atoms with Crippen molar-refractivity contribution in [2.24, 2.45) is 5.92 Å². The SMILES string of the molecule is C[C@H](NCCn1ccccc1=O)C1CCCCC1. The van der Waals surface area contributed by atoms with Crippen LogP contribution in [0.1, 0.15) is 39.0 Å². The molecular weight excluding hydrogens is 224 g/mol. The maximum Gasteiger partial charge on any atom is 0.250 e. The lowest BCUT2D eigenvalue weighted by atomic mass is 9.84. The minimum Gasteiger partial charge on any atom is -0.314 e. The predicted octanol–water partition coefficient (Wildman–Crippen LogP) is 2.41. The van der Waals surface area contributed by atoms with Crippen LogP contribution in [0, 0.1) is 5.92 Å². The Morgan fingerprint density at radius 1 is 1.33 bits per heavy atom. The Labute approximate surface area is 109 Å². The molecule has 18 heavy (non-hydrogen) atoms. The molecule has 1 aromatic rings. The highest BCUT2D eigenvalue weighted by Crippen LogP contribution is 2.26. The van der Waals surface area contributed by atoms with Gasteiger partial charge in [-0.1, -0.05) is 25.3 Å². The van der Waals surface area contributed by atoms with E-state index in [9.17, 15) is 4.79 Å². The molecule has 1 atom stereocenters. The molecule has 1 saturated carbocycles. The summed E-state index contributed by atoms with van der Waals surface area (Å²) in [5, 5.41) is 3.57. The van der Waals surface area contributed by atoms with Crippen molar-refractivity contribution < 1.29 is 0 Å². The molecule has 1 aromatic heterocycles. The van der Waals surface area contributed by atoms with Crippen molar-refractivity contribution in [1.82, 2.24) is 9.88 Å². The highest BCUT2D eigenvalue weighted by Gasteiger charge is 2.19. The molecule has 1 heterocycles. The van der Waals surface area contributed by atoms with Crippen molar-refractivity contribution in [3.05, 3.63) is 34.7 Å². The fourth-order valence-corrected chi connectivity index (χ4v) is 2.86. The molecule has 1 N–H and O–H groups in total. The van der Waals surface area contributed by atoms with E-state index in [1.165, 1.54) is 32.1 Å². The minimum absolute atomic E-state index is 0.0876. The third kappa shape index (κ3) is 3.70. The average molecular weight is 248 g/mol. The number of nitrogens with one attached hydrogen (secondary N) is 1. The molecule has 0 amide bonds. The van der Waals surface area contributed by atoms with Gasteiger partial charge in [0.05, 0.1) is 0 Å². The fraction of sp³-hybridized carbons (Fsp3) is 0.667. The summed E-state index contributed by atoms with van der Waals surface area (Å²) in [5.74, 6) is 0.825. The van der Waals surface area contributed by atoms with Gasteiger partial charge in [-0.2, -0.15) is 0 Å². The number of rotatable bonds is 5. The summed E-state index contributed by atoms with van der Waals surface area (Å²) in [5.41, 5.74) is 0.0876. The van der Waals surface area contributed by atoms with Gasteiger partial charge in [0.25, 0.3) is 5.56 Å². The van der Waals surface area contributed by atoms with E-state index in [1.807, 2.05) is 12.3 Å². The van der Waals surface area contributed by atoms with Crippen molar-refractivity contribution in [1.29, 1.82) is 0 Å². The third-order valence-corrected chi connectivity index (χ3v) is 4.07. The van der Waals surface area contributed by atoms with Crippen molar-refractivity contribution in [3.63, 3.8) is 0 Å². The summed E-state index contributed by atoms with van der Waals surface area (Å²) in [6.07, 6.45) is 8.75. The molecule has 2 rings (SSSR count). The topological polar surface area (TPSA) is 34.0 Å². The number of nitrogens with zero attached hydrogens (tertiary/aromatic N) is 1. The van der Waals surface area contributed by atoms with Crippen LogP contribution in [0.3, 0.4) is 0 Å². The second-order valence-electron chi connectivity index (χ2n) is 5.37. The van der Waals surface area contributed by atoms with E-state index in [2.05, 4.69) is 12.2 Å². The first-order valence-corrected chi connectivity index (χ1v) is 7.16.